The lowest BCUT2D eigenvalue weighted by atomic mass is 9.82. The van der Waals surface area contributed by atoms with Gasteiger partial charge in [-0.05, 0) is 58.7 Å². The van der Waals surface area contributed by atoms with Crippen molar-refractivity contribution in [1.29, 1.82) is 0 Å². The molecule has 1 amide bonds. The van der Waals surface area contributed by atoms with Gasteiger partial charge in [-0.25, -0.2) is 5.06 Å². The first-order valence-electron chi connectivity index (χ1n) is 7.41. The Morgan fingerprint density at radius 1 is 1.23 bits per heavy atom. The lowest BCUT2D eigenvalue weighted by Crippen LogP contribution is -2.54. The topological polar surface area (TPSA) is 75.8 Å². The van der Waals surface area contributed by atoms with Crippen LogP contribution in [0.15, 0.2) is 24.3 Å². The molecule has 1 atom stereocenters. The zero-order chi connectivity index (χ0) is 17.1. The van der Waals surface area contributed by atoms with Gasteiger partial charge >= 0.3 is 0 Å². The number of carbonyl (C=O) groups excluding carboxylic acids is 1. The number of hydroxylamine groups is 2. The minimum Gasteiger partial charge on any atom is -0.497 e. The molecule has 22 heavy (non-hydrogen) atoms. The summed E-state index contributed by atoms with van der Waals surface area (Å²) in [5.74, 6) is -0.127. The molecule has 0 spiro atoms. The summed E-state index contributed by atoms with van der Waals surface area (Å²) in [7, 11) is 1.61. The predicted octanol–water partition coefficient (Wildman–Crippen LogP) is 2.61. The van der Waals surface area contributed by atoms with Gasteiger partial charge in [-0.3, -0.25) is 10.0 Å². The molecule has 0 saturated heterocycles. The molecule has 3 N–H and O–H groups in total. The smallest absolute Gasteiger partial charge is 0.251 e. The Kier molecular flexibility index (Phi) is 5.59. The van der Waals surface area contributed by atoms with E-state index in [4.69, 9.17) is 10.5 Å². The normalized spacial score (nSPS) is 13.6. The van der Waals surface area contributed by atoms with Crippen molar-refractivity contribution in [2.45, 2.75) is 52.1 Å². The average Bonchev–Trinajstić information content (AvgIpc) is 2.41. The van der Waals surface area contributed by atoms with Crippen LogP contribution >= 0.6 is 0 Å². The van der Waals surface area contributed by atoms with Crippen LogP contribution in [-0.4, -0.2) is 34.4 Å². The third kappa shape index (κ3) is 4.71. The van der Waals surface area contributed by atoms with Crippen molar-refractivity contribution in [3.8, 4) is 5.75 Å². The molecule has 0 saturated carbocycles. The molecular weight excluding hydrogens is 280 g/mol. The number of methoxy groups -OCH3 is 1. The molecular formula is C17H28N2O3. The van der Waals surface area contributed by atoms with Crippen LogP contribution in [0.25, 0.3) is 0 Å². The number of ether oxygens (including phenoxy) is 1. The van der Waals surface area contributed by atoms with Crippen molar-refractivity contribution in [2.75, 3.05) is 7.11 Å². The fraction of sp³-hybridized carbons (Fsp3) is 0.588. The van der Waals surface area contributed by atoms with Crippen molar-refractivity contribution >= 4 is 5.91 Å². The van der Waals surface area contributed by atoms with Gasteiger partial charge in [0.25, 0.3) is 5.91 Å². The van der Waals surface area contributed by atoms with E-state index in [-0.39, 0.29) is 5.91 Å². The molecule has 5 heteroatoms. The lowest BCUT2D eigenvalue weighted by molar-refractivity contribution is -0.193. The number of benzene rings is 1. The summed E-state index contributed by atoms with van der Waals surface area (Å²) < 4.78 is 5.13. The highest BCUT2D eigenvalue weighted by molar-refractivity contribution is 5.80. The fourth-order valence-electron chi connectivity index (χ4n) is 2.14. The maximum Gasteiger partial charge on any atom is 0.251 e. The second kappa shape index (κ2) is 6.67. The molecule has 1 aromatic rings. The highest BCUT2D eigenvalue weighted by Gasteiger charge is 2.38. The maximum absolute atomic E-state index is 12.6. The summed E-state index contributed by atoms with van der Waals surface area (Å²) in [6.07, 6.45) is 0.458. The van der Waals surface area contributed by atoms with Crippen LogP contribution in [0.2, 0.25) is 0 Å². The van der Waals surface area contributed by atoms with E-state index in [2.05, 4.69) is 0 Å². The van der Waals surface area contributed by atoms with Crippen LogP contribution in [0.4, 0.5) is 0 Å². The number of carbonyl (C=O) groups is 1. The summed E-state index contributed by atoms with van der Waals surface area (Å²) in [5.41, 5.74) is 5.74. The van der Waals surface area contributed by atoms with Gasteiger partial charge in [0.1, 0.15) is 5.75 Å². The largest absolute Gasteiger partial charge is 0.497 e. The monoisotopic (exact) mass is 308 g/mol. The Morgan fingerprint density at radius 3 is 2.09 bits per heavy atom. The van der Waals surface area contributed by atoms with E-state index in [9.17, 15) is 10.0 Å². The number of hydrogen-bond donors (Lipinski definition) is 2. The Hall–Kier alpha value is -1.59. The molecule has 1 unspecified atom stereocenters. The number of nitrogens with two attached hydrogens (primary N) is 1. The summed E-state index contributed by atoms with van der Waals surface area (Å²) >= 11 is 0. The van der Waals surface area contributed by atoms with E-state index in [1.54, 1.807) is 41.7 Å². The van der Waals surface area contributed by atoms with E-state index in [0.29, 0.717) is 6.42 Å². The molecule has 1 rings (SSSR count). The van der Waals surface area contributed by atoms with Gasteiger partial charge in [0.2, 0.25) is 0 Å². The van der Waals surface area contributed by atoms with Crippen LogP contribution in [-0.2, 0) is 11.2 Å². The highest BCUT2D eigenvalue weighted by atomic mass is 16.5. The van der Waals surface area contributed by atoms with Gasteiger partial charge in [-0.15, -0.1) is 0 Å². The van der Waals surface area contributed by atoms with Crippen molar-refractivity contribution in [3.63, 3.8) is 0 Å². The minimum atomic E-state index is -0.747. The van der Waals surface area contributed by atoms with E-state index in [1.807, 2.05) is 24.3 Å². The molecule has 0 fully saturated rings. The first kappa shape index (κ1) is 18.5. The molecule has 0 aliphatic rings. The summed E-state index contributed by atoms with van der Waals surface area (Å²) in [6.45, 7) is 8.93. The predicted molar refractivity (Wildman–Crippen MR) is 86.8 cm³/mol. The van der Waals surface area contributed by atoms with Crippen LogP contribution in [0.3, 0.4) is 0 Å². The van der Waals surface area contributed by atoms with Crippen molar-refractivity contribution in [3.05, 3.63) is 29.8 Å². The number of hydrogen-bond acceptors (Lipinski definition) is 4. The zero-order valence-electron chi connectivity index (χ0n) is 14.4. The molecule has 0 aromatic heterocycles. The molecule has 0 radical (unpaired) electrons. The Morgan fingerprint density at radius 2 is 1.73 bits per heavy atom. The van der Waals surface area contributed by atoms with Gasteiger partial charge in [0.05, 0.1) is 18.6 Å². The molecule has 0 aliphatic heterocycles. The SMILES string of the molecule is COc1ccc(CC(C(=O)N(O)C(C)(C)C)C(C)(C)N)cc1. The standard InChI is InChI=1S/C17H28N2O3/c1-16(2,3)19(21)15(20)14(17(4,5)18)11-12-7-9-13(22-6)10-8-12/h7-10,14,21H,11,18H2,1-6H3. The summed E-state index contributed by atoms with van der Waals surface area (Å²) in [4.78, 5) is 12.6. The summed E-state index contributed by atoms with van der Waals surface area (Å²) in [6, 6.07) is 7.51. The molecule has 1 aromatic carbocycles. The zero-order valence-corrected chi connectivity index (χ0v) is 14.4. The van der Waals surface area contributed by atoms with Crippen molar-refractivity contribution < 1.29 is 14.7 Å². The minimum absolute atomic E-state index is 0.365. The van der Waals surface area contributed by atoms with E-state index >= 15 is 0 Å². The van der Waals surface area contributed by atoms with Gasteiger partial charge < -0.3 is 10.5 Å². The summed E-state index contributed by atoms with van der Waals surface area (Å²) in [5, 5.41) is 10.9. The molecule has 5 nitrogen and oxygen atoms in total. The molecule has 124 valence electrons. The number of nitrogens with zero attached hydrogens (tertiary/aromatic N) is 1. The fourth-order valence-corrected chi connectivity index (χ4v) is 2.14. The first-order valence-corrected chi connectivity index (χ1v) is 7.41. The molecule has 0 aliphatic carbocycles. The van der Waals surface area contributed by atoms with Crippen molar-refractivity contribution in [1.82, 2.24) is 5.06 Å². The van der Waals surface area contributed by atoms with Crippen molar-refractivity contribution in [2.24, 2.45) is 11.7 Å². The van der Waals surface area contributed by atoms with Gasteiger partial charge in [-0.2, -0.15) is 0 Å². The second-order valence-electron chi connectivity index (χ2n) is 7.25. The van der Waals surface area contributed by atoms with Crippen LogP contribution in [0.1, 0.15) is 40.2 Å². The van der Waals surface area contributed by atoms with Crippen LogP contribution in [0, 0.1) is 5.92 Å². The van der Waals surface area contributed by atoms with E-state index < -0.39 is 17.0 Å². The Bertz CT molecular complexity index is 498. The van der Waals surface area contributed by atoms with E-state index in [1.165, 1.54) is 0 Å². The first-order chi connectivity index (χ1) is 9.96. The third-order valence-corrected chi connectivity index (χ3v) is 3.64. The number of amides is 1. The molecule has 0 heterocycles. The quantitative estimate of drug-likeness (QED) is 0.647. The van der Waals surface area contributed by atoms with Crippen LogP contribution in [0.5, 0.6) is 5.75 Å². The van der Waals surface area contributed by atoms with Gasteiger partial charge in [-0.1, -0.05) is 12.1 Å². The Balaban J connectivity index is 3.01. The average molecular weight is 308 g/mol. The Labute approximate surface area is 133 Å². The maximum atomic E-state index is 12.6. The van der Waals surface area contributed by atoms with Gasteiger partial charge in [0.15, 0.2) is 0 Å². The van der Waals surface area contributed by atoms with Gasteiger partial charge in [0, 0.05) is 5.54 Å². The van der Waals surface area contributed by atoms with Crippen LogP contribution < -0.4 is 10.5 Å². The molecule has 0 bridgehead atoms. The highest BCUT2D eigenvalue weighted by Crippen LogP contribution is 2.25. The lowest BCUT2D eigenvalue weighted by Gasteiger charge is -2.37. The van der Waals surface area contributed by atoms with E-state index in [0.717, 1.165) is 16.4 Å². The second-order valence-corrected chi connectivity index (χ2v) is 7.25. The third-order valence-electron chi connectivity index (χ3n) is 3.64. The number of rotatable bonds is 5.